The summed E-state index contributed by atoms with van der Waals surface area (Å²) in [7, 11) is 1.74. The number of hydrogen-bond donors (Lipinski definition) is 2. The summed E-state index contributed by atoms with van der Waals surface area (Å²) in [5.41, 5.74) is 1.44. The van der Waals surface area contributed by atoms with Crippen LogP contribution in [0.15, 0.2) is 65.3 Å². The van der Waals surface area contributed by atoms with Crippen molar-refractivity contribution in [1.29, 1.82) is 0 Å². The molecule has 0 saturated heterocycles. The zero-order chi connectivity index (χ0) is 27.7. The standard InChI is InChI=1S/C28H25F4N5O2/c1-3-20(38)14-33-13-16-9-23(28(30,31)32)25-24(10-16)35-27(39-25)18-6-4-5-17(11-18)21-8-7-19(29)12-22(21)26-36-34-15-37(26)2/h4-12,15,20,33,38H,3,13-14H2,1-2H3/t20-/m0/s1. The molecule has 11 heteroatoms. The van der Waals surface area contributed by atoms with E-state index >= 15 is 0 Å². The highest BCUT2D eigenvalue weighted by molar-refractivity contribution is 5.84. The Hall–Kier alpha value is -4.09. The molecule has 39 heavy (non-hydrogen) atoms. The van der Waals surface area contributed by atoms with Gasteiger partial charge in [-0.1, -0.05) is 25.1 Å². The SMILES string of the molecule is CC[C@H](O)CNCc1cc(C(F)(F)F)c2oc(-c3cccc(-c4ccc(F)cc4-c4nncn4C)c3)nc2c1. The van der Waals surface area contributed by atoms with Crippen molar-refractivity contribution in [2.45, 2.75) is 32.2 Å². The molecule has 0 radical (unpaired) electrons. The van der Waals surface area contributed by atoms with E-state index in [1.54, 1.807) is 48.0 Å². The Morgan fingerprint density at radius 3 is 2.56 bits per heavy atom. The number of nitrogens with zero attached hydrogens (tertiary/aromatic N) is 4. The number of aryl methyl sites for hydroxylation is 1. The lowest BCUT2D eigenvalue weighted by atomic mass is 9.97. The minimum Gasteiger partial charge on any atom is -0.435 e. The van der Waals surface area contributed by atoms with Gasteiger partial charge in [-0.2, -0.15) is 13.2 Å². The molecule has 0 aliphatic carbocycles. The first-order valence-corrected chi connectivity index (χ1v) is 12.3. The molecule has 7 nitrogen and oxygen atoms in total. The predicted octanol–water partition coefficient (Wildman–Crippen LogP) is 5.98. The monoisotopic (exact) mass is 539 g/mol. The summed E-state index contributed by atoms with van der Waals surface area (Å²) in [6, 6.07) is 13.8. The minimum atomic E-state index is -4.66. The molecule has 2 heterocycles. The van der Waals surface area contributed by atoms with Gasteiger partial charge < -0.3 is 19.4 Å². The number of fused-ring (bicyclic) bond motifs is 1. The van der Waals surface area contributed by atoms with Crippen LogP contribution < -0.4 is 5.32 Å². The van der Waals surface area contributed by atoms with E-state index < -0.39 is 23.7 Å². The molecule has 5 rings (SSSR count). The molecule has 202 valence electrons. The molecule has 0 aliphatic rings. The molecule has 5 aromatic rings. The van der Waals surface area contributed by atoms with Gasteiger partial charge in [-0.05, 0) is 59.5 Å². The van der Waals surface area contributed by atoms with Crippen molar-refractivity contribution in [3.63, 3.8) is 0 Å². The minimum absolute atomic E-state index is 0.0196. The van der Waals surface area contributed by atoms with E-state index in [0.717, 1.165) is 6.07 Å². The van der Waals surface area contributed by atoms with Crippen molar-refractivity contribution in [2.24, 2.45) is 7.05 Å². The van der Waals surface area contributed by atoms with Crippen LogP contribution in [0.5, 0.6) is 0 Å². The lowest BCUT2D eigenvalue weighted by Gasteiger charge is -2.12. The first-order chi connectivity index (χ1) is 18.6. The van der Waals surface area contributed by atoms with Crippen LogP contribution in [-0.2, 0) is 19.8 Å². The van der Waals surface area contributed by atoms with Crippen molar-refractivity contribution in [3.05, 3.63) is 77.9 Å². The van der Waals surface area contributed by atoms with Gasteiger partial charge in [-0.25, -0.2) is 9.37 Å². The average molecular weight is 540 g/mol. The van der Waals surface area contributed by atoms with Gasteiger partial charge in [0.05, 0.1) is 6.10 Å². The maximum absolute atomic E-state index is 14.2. The summed E-state index contributed by atoms with van der Waals surface area (Å²) in [4.78, 5) is 4.38. The molecule has 0 saturated carbocycles. The van der Waals surface area contributed by atoms with Crippen LogP contribution in [0.4, 0.5) is 17.6 Å². The number of aliphatic hydroxyl groups excluding tert-OH is 1. The Morgan fingerprint density at radius 2 is 1.85 bits per heavy atom. The first kappa shape index (κ1) is 26.5. The Labute approximate surface area is 221 Å². The maximum atomic E-state index is 14.2. The number of nitrogens with one attached hydrogen (secondary N) is 1. The molecular weight excluding hydrogens is 514 g/mol. The van der Waals surface area contributed by atoms with Crippen LogP contribution in [0.25, 0.3) is 45.1 Å². The van der Waals surface area contributed by atoms with Crippen molar-refractivity contribution >= 4 is 11.1 Å². The summed E-state index contributed by atoms with van der Waals surface area (Å²) in [5, 5.41) is 20.7. The lowest BCUT2D eigenvalue weighted by Crippen LogP contribution is -2.25. The predicted molar refractivity (Wildman–Crippen MR) is 138 cm³/mol. The fourth-order valence-corrected chi connectivity index (χ4v) is 4.35. The lowest BCUT2D eigenvalue weighted by molar-refractivity contribution is -0.136. The maximum Gasteiger partial charge on any atom is 0.420 e. The Balaban J connectivity index is 1.55. The Kier molecular flexibility index (Phi) is 7.19. The van der Waals surface area contributed by atoms with E-state index in [9.17, 15) is 22.7 Å². The van der Waals surface area contributed by atoms with Crippen LogP contribution in [-0.4, -0.2) is 37.5 Å². The molecule has 0 bridgehead atoms. The highest BCUT2D eigenvalue weighted by Gasteiger charge is 2.35. The Morgan fingerprint density at radius 1 is 1.05 bits per heavy atom. The number of halogens is 4. The highest BCUT2D eigenvalue weighted by Crippen LogP contribution is 2.39. The number of rotatable bonds is 8. The molecular formula is C28H25F4N5O2. The molecule has 3 aromatic carbocycles. The normalized spacial score (nSPS) is 12.8. The summed E-state index contributed by atoms with van der Waals surface area (Å²) in [6.45, 7) is 2.20. The van der Waals surface area contributed by atoms with E-state index in [4.69, 9.17) is 4.42 Å². The van der Waals surface area contributed by atoms with Gasteiger partial charge in [-0.3, -0.25) is 0 Å². The third-order valence-electron chi connectivity index (χ3n) is 6.39. The molecule has 0 fully saturated rings. The second-order valence-electron chi connectivity index (χ2n) is 9.24. The average Bonchev–Trinajstić information content (AvgIpc) is 3.53. The van der Waals surface area contributed by atoms with E-state index in [2.05, 4.69) is 20.5 Å². The van der Waals surface area contributed by atoms with E-state index in [1.807, 2.05) is 6.92 Å². The smallest absolute Gasteiger partial charge is 0.420 e. The number of hydrogen-bond acceptors (Lipinski definition) is 6. The van der Waals surface area contributed by atoms with Gasteiger partial charge in [0.25, 0.3) is 0 Å². The summed E-state index contributed by atoms with van der Waals surface area (Å²) < 4.78 is 63.4. The van der Waals surface area contributed by atoms with Crippen molar-refractivity contribution in [2.75, 3.05) is 6.54 Å². The zero-order valence-corrected chi connectivity index (χ0v) is 21.1. The van der Waals surface area contributed by atoms with Crippen LogP contribution in [0.1, 0.15) is 24.5 Å². The molecule has 0 aliphatic heterocycles. The second kappa shape index (κ2) is 10.6. The van der Waals surface area contributed by atoms with Gasteiger partial charge >= 0.3 is 6.18 Å². The number of aromatic nitrogens is 4. The summed E-state index contributed by atoms with van der Waals surface area (Å²) >= 11 is 0. The second-order valence-corrected chi connectivity index (χ2v) is 9.24. The van der Waals surface area contributed by atoms with Crippen LogP contribution in [0.2, 0.25) is 0 Å². The van der Waals surface area contributed by atoms with Gasteiger partial charge in [0, 0.05) is 31.3 Å². The molecule has 0 spiro atoms. The number of alkyl halides is 3. The van der Waals surface area contributed by atoms with Gasteiger partial charge in [-0.15, -0.1) is 10.2 Å². The topological polar surface area (TPSA) is 89.0 Å². The van der Waals surface area contributed by atoms with Crippen LogP contribution in [0, 0.1) is 5.82 Å². The fourth-order valence-electron chi connectivity index (χ4n) is 4.35. The third-order valence-corrected chi connectivity index (χ3v) is 6.39. The highest BCUT2D eigenvalue weighted by atomic mass is 19.4. The summed E-state index contributed by atoms with van der Waals surface area (Å²) in [6.07, 6.45) is -3.21. The van der Waals surface area contributed by atoms with E-state index in [0.29, 0.717) is 40.1 Å². The number of benzene rings is 3. The van der Waals surface area contributed by atoms with Gasteiger partial charge in [0.2, 0.25) is 5.89 Å². The van der Waals surface area contributed by atoms with E-state index in [1.165, 1.54) is 18.5 Å². The van der Waals surface area contributed by atoms with E-state index in [-0.39, 0.29) is 30.1 Å². The summed E-state index contributed by atoms with van der Waals surface area (Å²) in [5.74, 6) is 0.0337. The first-order valence-electron chi connectivity index (χ1n) is 12.3. The third kappa shape index (κ3) is 5.55. The Bertz CT molecular complexity index is 1630. The zero-order valence-electron chi connectivity index (χ0n) is 21.1. The molecule has 2 N–H and O–H groups in total. The van der Waals surface area contributed by atoms with Crippen molar-refractivity contribution < 1.29 is 27.1 Å². The van der Waals surface area contributed by atoms with Gasteiger partial charge in [0.15, 0.2) is 11.4 Å². The molecule has 2 aromatic heterocycles. The van der Waals surface area contributed by atoms with Crippen LogP contribution >= 0.6 is 0 Å². The largest absolute Gasteiger partial charge is 0.435 e. The van der Waals surface area contributed by atoms with Gasteiger partial charge in [0.1, 0.15) is 23.2 Å². The molecule has 0 amide bonds. The number of aliphatic hydroxyl groups is 1. The molecule has 1 atom stereocenters. The van der Waals surface area contributed by atoms with Crippen molar-refractivity contribution in [3.8, 4) is 34.0 Å². The van der Waals surface area contributed by atoms with Crippen molar-refractivity contribution in [1.82, 2.24) is 25.1 Å². The molecule has 0 unspecified atom stereocenters. The van der Waals surface area contributed by atoms with Crippen LogP contribution in [0.3, 0.4) is 0 Å². The number of oxazole rings is 1. The fraction of sp³-hybridized carbons (Fsp3) is 0.250. The quantitative estimate of drug-likeness (QED) is 0.236.